The van der Waals surface area contributed by atoms with Crippen molar-refractivity contribution in [2.75, 3.05) is 32.2 Å². The first-order chi connectivity index (χ1) is 25.8. The topological polar surface area (TPSA) is 139 Å². The van der Waals surface area contributed by atoms with Gasteiger partial charge in [-0.2, -0.15) is 5.43 Å². The van der Waals surface area contributed by atoms with Gasteiger partial charge in [0.1, 0.15) is 11.3 Å². The van der Waals surface area contributed by atoms with Gasteiger partial charge in [-0.1, -0.05) is 78.9 Å². The number of carbonyl (C=O) groups excluding carboxylic acids is 2. The van der Waals surface area contributed by atoms with Crippen LogP contribution >= 0.6 is 0 Å². The lowest BCUT2D eigenvalue weighted by Gasteiger charge is -2.26. The molecule has 4 aromatic rings. The predicted molar refractivity (Wildman–Crippen MR) is 207 cm³/mol. The molecule has 0 unspecified atom stereocenters. The Hall–Kier alpha value is -6.46. The molecule has 4 aromatic carbocycles. The molecule has 2 aliphatic rings. The van der Waals surface area contributed by atoms with Crippen molar-refractivity contribution >= 4 is 34.4 Å². The second-order valence-electron chi connectivity index (χ2n) is 12.5. The van der Waals surface area contributed by atoms with Crippen molar-refractivity contribution in [1.82, 2.24) is 26.2 Å². The standard InChI is InChI=1S/C42H42N6O5/c1-43-39(49)21-23-45-47(27-29-11-5-3-6-12-29)31-17-19-35-37(25-31)53-38-26-32(18-20-36(38)41(35)33-15-9-10-16-34(33)42(51)52)48(46-24-22-40(50)44-2)28-30-13-7-4-8-14-30/h3-20,25-26,45-46H,21-24,27-28H2,1-2H3,(H2-,43,44,49,50,51,52)/p+1. The maximum atomic E-state index is 12.5. The molecule has 6 rings (SSSR count). The molecule has 53 heavy (non-hydrogen) atoms. The minimum atomic E-state index is -1.03. The predicted octanol–water partition coefficient (Wildman–Crippen LogP) is 5.16. The van der Waals surface area contributed by atoms with Gasteiger partial charge in [0, 0.05) is 67.7 Å². The molecule has 1 aliphatic carbocycles. The highest BCUT2D eigenvalue weighted by Gasteiger charge is 2.23. The lowest BCUT2D eigenvalue weighted by molar-refractivity contribution is -0.121. The summed E-state index contributed by atoms with van der Waals surface area (Å²) >= 11 is 0. The Bertz CT molecular complexity index is 2250. The number of carboxylic acids is 1. The van der Waals surface area contributed by atoms with Gasteiger partial charge in [-0.25, -0.2) is 10.2 Å². The molecule has 1 heterocycles. The molecule has 0 saturated carbocycles. The zero-order chi connectivity index (χ0) is 37.2. The maximum Gasteiger partial charge on any atom is 0.336 e. The summed E-state index contributed by atoms with van der Waals surface area (Å²) in [4.78, 5) is 36.7. The summed E-state index contributed by atoms with van der Waals surface area (Å²) in [5.74, 6) is -0.617. The molecular formula is C42H43N6O5+. The number of hydrogen-bond donors (Lipinski definition) is 5. The monoisotopic (exact) mass is 711 g/mol. The van der Waals surface area contributed by atoms with Gasteiger partial charge in [-0.15, -0.1) is 4.68 Å². The number of fused-ring (bicyclic) bond motifs is 2. The Morgan fingerprint density at radius 1 is 0.717 bits per heavy atom. The largest absolute Gasteiger partial charge is 0.478 e. The number of rotatable bonds is 15. The molecule has 0 spiro atoms. The van der Waals surface area contributed by atoms with Crippen LogP contribution in [0.3, 0.4) is 0 Å². The van der Waals surface area contributed by atoms with Crippen molar-refractivity contribution in [3.63, 3.8) is 0 Å². The SMILES string of the molecule is CNC(=O)CCNN(Cc1ccccc1)c1ccc2c(-c3ccccc3C(=O)O)c3cc/c(=[N+](/Cc4ccccc4)NCCC(=O)NC)cc-3oc2c1. The van der Waals surface area contributed by atoms with Gasteiger partial charge in [0.05, 0.1) is 30.4 Å². The molecule has 270 valence electrons. The average Bonchev–Trinajstić information content (AvgIpc) is 3.19. The number of hydrazine groups is 2. The smallest absolute Gasteiger partial charge is 0.336 e. The maximum absolute atomic E-state index is 12.5. The number of benzene rings is 5. The van der Waals surface area contributed by atoms with Crippen molar-refractivity contribution < 1.29 is 23.9 Å². The van der Waals surface area contributed by atoms with Gasteiger partial charge in [-0.3, -0.25) is 9.59 Å². The Morgan fingerprint density at radius 2 is 1.38 bits per heavy atom. The van der Waals surface area contributed by atoms with Crippen LogP contribution in [-0.2, 0) is 22.7 Å². The highest BCUT2D eigenvalue weighted by molar-refractivity contribution is 6.07. The van der Waals surface area contributed by atoms with E-state index in [0.717, 1.165) is 38.7 Å². The van der Waals surface area contributed by atoms with Gasteiger partial charge < -0.3 is 25.2 Å². The van der Waals surface area contributed by atoms with Crippen molar-refractivity contribution in [2.45, 2.75) is 25.9 Å². The van der Waals surface area contributed by atoms with Crippen LogP contribution in [-0.4, -0.2) is 50.1 Å². The number of hydrogen-bond acceptors (Lipinski definition) is 7. The summed E-state index contributed by atoms with van der Waals surface area (Å²) in [6.45, 7) is 1.85. The first kappa shape index (κ1) is 36.3. The summed E-state index contributed by atoms with van der Waals surface area (Å²) in [6.07, 6.45) is 0.583. The first-order valence-corrected chi connectivity index (χ1v) is 17.5. The van der Waals surface area contributed by atoms with Gasteiger partial charge in [0.2, 0.25) is 17.2 Å². The molecule has 1 aliphatic heterocycles. The van der Waals surface area contributed by atoms with Gasteiger partial charge in [0.25, 0.3) is 0 Å². The van der Waals surface area contributed by atoms with Crippen molar-refractivity contribution in [3.05, 3.63) is 143 Å². The minimum Gasteiger partial charge on any atom is -0.478 e. The normalized spacial score (nSPS) is 11.6. The zero-order valence-corrected chi connectivity index (χ0v) is 29.8. The Labute approximate surface area is 307 Å². The molecule has 0 atom stereocenters. The third-order valence-electron chi connectivity index (χ3n) is 8.97. The van der Waals surface area contributed by atoms with Crippen LogP contribution in [0.2, 0.25) is 0 Å². The van der Waals surface area contributed by atoms with E-state index in [1.807, 2.05) is 119 Å². The molecule has 0 radical (unpaired) electrons. The molecule has 0 fully saturated rings. The summed E-state index contributed by atoms with van der Waals surface area (Å²) in [5, 5.41) is 19.1. The average molecular weight is 712 g/mol. The number of aromatic carboxylic acids is 1. The quantitative estimate of drug-likeness (QED) is 0.0560. The second-order valence-corrected chi connectivity index (χ2v) is 12.5. The number of nitrogens with zero attached hydrogens (tertiary/aromatic N) is 2. The molecule has 0 aromatic heterocycles. The van der Waals surface area contributed by atoms with Gasteiger partial charge >= 0.3 is 5.97 Å². The summed E-state index contributed by atoms with van der Waals surface area (Å²) in [7, 11) is 3.24. The van der Waals surface area contributed by atoms with Crippen LogP contribution in [0.15, 0.2) is 126 Å². The molecule has 0 bridgehead atoms. The van der Waals surface area contributed by atoms with Crippen LogP contribution in [0.5, 0.6) is 0 Å². The van der Waals surface area contributed by atoms with E-state index in [4.69, 9.17) is 4.42 Å². The fraction of sp³-hybridized carbons (Fsp3) is 0.190. The summed E-state index contributed by atoms with van der Waals surface area (Å²) < 4.78 is 8.71. The van der Waals surface area contributed by atoms with Crippen molar-refractivity contribution in [3.8, 4) is 22.5 Å². The van der Waals surface area contributed by atoms with E-state index < -0.39 is 5.97 Å². The number of nitrogens with one attached hydrogen (secondary N) is 4. The number of anilines is 1. The van der Waals surface area contributed by atoms with Crippen LogP contribution in [0.25, 0.3) is 33.4 Å². The van der Waals surface area contributed by atoms with E-state index in [-0.39, 0.29) is 17.4 Å². The fourth-order valence-electron chi connectivity index (χ4n) is 6.25. The lowest BCUT2D eigenvalue weighted by Crippen LogP contribution is -2.42. The zero-order valence-electron chi connectivity index (χ0n) is 29.8. The Kier molecular flexibility index (Phi) is 11.8. The Morgan fingerprint density at radius 3 is 2.08 bits per heavy atom. The van der Waals surface area contributed by atoms with E-state index in [1.54, 1.807) is 26.2 Å². The molecule has 2 amide bonds. The number of carboxylic acid groups (broad SMARTS) is 1. The van der Waals surface area contributed by atoms with Gasteiger partial charge in [0.15, 0.2) is 6.54 Å². The first-order valence-electron chi connectivity index (χ1n) is 17.5. The molecule has 0 saturated heterocycles. The van der Waals surface area contributed by atoms with Crippen LogP contribution in [0.1, 0.15) is 34.3 Å². The van der Waals surface area contributed by atoms with Gasteiger partial charge in [-0.05, 0) is 35.4 Å². The third-order valence-corrected chi connectivity index (χ3v) is 8.97. The number of carbonyl (C=O) groups is 3. The van der Waals surface area contributed by atoms with Crippen molar-refractivity contribution in [2.24, 2.45) is 0 Å². The van der Waals surface area contributed by atoms with E-state index >= 15 is 0 Å². The van der Waals surface area contributed by atoms with E-state index in [2.05, 4.69) is 21.5 Å². The highest BCUT2D eigenvalue weighted by Crippen LogP contribution is 2.42. The van der Waals surface area contributed by atoms with Crippen LogP contribution in [0, 0.1) is 0 Å². The van der Waals surface area contributed by atoms with Crippen molar-refractivity contribution in [1.29, 1.82) is 0 Å². The number of amides is 2. The fourth-order valence-corrected chi connectivity index (χ4v) is 6.25. The van der Waals surface area contributed by atoms with Crippen LogP contribution < -0.4 is 36.5 Å². The molecular weight excluding hydrogens is 668 g/mol. The third kappa shape index (κ3) is 8.89. The van der Waals surface area contributed by atoms with E-state index in [1.165, 1.54) is 0 Å². The molecule has 11 heteroatoms. The second kappa shape index (κ2) is 17.2. The lowest BCUT2D eigenvalue weighted by atomic mass is 9.90. The van der Waals surface area contributed by atoms with E-state index in [9.17, 15) is 19.5 Å². The summed E-state index contributed by atoms with van der Waals surface area (Å²) in [5.41, 5.74) is 12.5. The van der Waals surface area contributed by atoms with Crippen LogP contribution in [0.4, 0.5) is 5.69 Å². The molecule has 5 N–H and O–H groups in total. The Balaban J connectivity index is 1.54. The van der Waals surface area contributed by atoms with E-state index in [0.29, 0.717) is 55.9 Å². The highest BCUT2D eigenvalue weighted by atomic mass is 16.4. The summed E-state index contributed by atoms with van der Waals surface area (Å²) in [6, 6.07) is 38.8. The minimum absolute atomic E-state index is 0.0703. The molecule has 11 nitrogen and oxygen atoms in total.